The minimum absolute atomic E-state index is 0.0366. The summed E-state index contributed by atoms with van der Waals surface area (Å²) in [5.74, 6) is -0.650. The predicted molar refractivity (Wildman–Crippen MR) is 100 cm³/mol. The van der Waals surface area contributed by atoms with Gasteiger partial charge < -0.3 is 10.1 Å². The zero-order chi connectivity index (χ0) is 19.0. The molecule has 0 aliphatic heterocycles. The zero-order valence-corrected chi connectivity index (χ0v) is 14.7. The van der Waals surface area contributed by atoms with E-state index in [0.29, 0.717) is 24.1 Å². The fraction of sp³-hybridized carbons (Fsp3) is 0.200. The van der Waals surface area contributed by atoms with E-state index >= 15 is 0 Å². The van der Waals surface area contributed by atoms with Crippen molar-refractivity contribution in [3.63, 3.8) is 0 Å². The van der Waals surface area contributed by atoms with Crippen molar-refractivity contribution in [2.45, 2.75) is 12.8 Å². The Kier molecular flexibility index (Phi) is 4.19. The van der Waals surface area contributed by atoms with E-state index < -0.39 is 5.56 Å². The van der Waals surface area contributed by atoms with E-state index in [1.165, 1.54) is 6.33 Å². The molecule has 27 heavy (non-hydrogen) atoms. The Morgan fingerprint density at radius 3 is 2.89 bits per heavy atom. The summed E-state index contributed by atoms with van der Waals surface area (Å²) in [5.41, 5.74) is 3.30. The number of nitrogens with zero attached hydrogens (tertiary/aromatic N) is 3. The topological polar surface area (TPSA) is 101 Å². The number of aryl methyl sites for hydroxylation is 2. The van der Waals surface area contributed by atoms with Crippen LogP contribution >= 0.6 is 0 Å². The van der Waals surface area contributed by atoms with E-state index in [1.54, 1.807) is 10.9 Å². The fourth-order valence-corrected chi connectivity index (χ4v) is 3.31. The second-order valence-electron chi connectivity index (χ2n) is 6.60. The molecule has 7 nitrogen and oxygen atoms in total. The molecule has 2 aromatic heterocycles. The van der Waals surface area contributed by atoms with Gasteiger partial charge in [0.1, 0.15) is 0 Å². The molecule has 2 N–H and O–H groups in total. The lowest BCUT2D eigenvalue weighted by Gasteiger charge is -2.18. The number of aromatic nitrogens is 4. The molecular formula is C20H18N4O3. The van der Waals surface area contributed by atoms with Gasteiger partial charge in [0.15, 0.2) is 5.78 Å². The minimum atomic E-state index is -0.571. The summed E-state index contributed by atoms with van der Waals surface area (Å²) in [6.07, 6.45) is 9.63. The van der Waals surface area contributed by atoms with Gasteiger partial charge in [0.2, 0.25) is 5.75 Å². The van der Waals surface area contributed by atoms with Crippen LogP contribution in [0.25, 0.3) is 17.2 Å². The summed E-state index contributed by atoms with van der Waals surface area (Å²) in [7, 11) is 1.86. The number of Topliss-reactive ketones (excluding diaryl/α,β-unsaturated/α-hetero) is 1. The monoisotopic (exact) mass is 362 g/mol. The number of ketones is 1. The highest BCUT2D eigenvalue weighted by molar-refractivity contribution is 6.05. The first kappa shape index (κ1) is 17.0. The summed E-state index contributed by atoms with van der Waals surface area (Å²) in [6.45, 7) is 0. The molecule has 1 aliphatic rings. The number of hydrogen-bond acceptors (Lipinski definition) is 5. The third-order valence-electron chi connectivity index (χ3n) is 4.80. The van der Waals surface area contributed by atoms with Gasteiger partial charge in [0.05, 0.1) is 18.2 Å². The van der Waals surface area contributed by atoms with Crippen molar-refractivity contribution in [3.05, 3.63) is 70.2 Å². The number of hydrogen-bond donors (Lipinski definition) is 2. The van der Waals surface area contributed by atoms with Crippen LogP contribution in [0.5, 0.6) is 5.75 Å². The Bertz CT molecular complexity index is 1110. The number of aromatic amines is 1. The zero-order valence-electron chi connectivity index (χ0n) is 14.7. The van der Waals surface area contributed by atoms with Gasteiger partial charge in [-0.05, 0) is 30.0 Å². The van der Waals surface area contributed by atoms with Crippen molar-refractivity contribution in [2.24, 2.45) is 13.0 Å². The highest BCUT2D eigenvalue weighted by atomic mass is 16.3. The van der Waals surface area contributed by atoms with Gasteiger partial charge in [-0.15, -0.1) is 0 Å². The molecule has 0 bridgehead atoms. The highest BCUT2D eigenvalue weighted by Crippen LogP contribution is 2.30. The Morgan fingerprint density at radius 1 is 1.26 bits per heavy atom. The summed E-state index contributed by atoms with van der Waals surface area (Å²) >= 11 is 0. The van der Waals surface area contributed by atoms with E-state index in [4.69, 9.17) is 0 Å². The molecule has 2 heterocycles. The number of carbonyl (C=O) groups excluding carboxylic acids is 1. The number of allylic oxidation sites excluding steroid dienone is 1. The van der Waals surface area contributed by atoms with Crippen molar-refractivity contribution < 1.29 is 9.90 Å². The number of H-pyrrole nitrogens is 1. The lowest BCUT2D eigenvalue weighted by Crippen LogP contribution is -2.18. The molecule has 0 amide bonds. The molecule has 136 valence electrons. The third-order valence-corrected chi connectivity index (χ3v) is 4.80. The third kappa shape index (κ3) is 3.19. The second kappa shape index (κ2) is 6.68. The number of fused-ring (bicyclic) bond motifs is 1. The minimum Gasteiger partial charge on any atom is -0.502 e. The molecule has 4 rings (SSSR count). The predicted octanol–water partition coefficient (Wildman–Crippen LogP) is 2.33. The van der Waals surface area contributed by atoms with E-state index in [-0.39, 0.29) is 17.5 Å². The van der Waals surface area contributed by atoms with Crippen LogP contribution in [0.1, 0.15) is 28.0 Å². The van der Waals surface area contributed by atoms with E-state index in [9.17, 15) is 14.7 Å². The van der Waals surface area contributed by atoms with Crippen LogP contribution in [0, 0.1) is 5.92 Å². The van der Waals surface area contributed by atoms with Crippen LogP contribution in [-0.4, -0.2) is 30.6 Å². The summed E-state index contributed by atoms with van der Waals surface area (Å²) < 4.78 is 1.74. The first-order valence-electron chi connectivity index (χ1n) is 8.64. The Labute approximate surface area is 155 Å². The van der Waals surface area contributed by atoms with Crippen molar-refractivity contribution in [1.29, 1.82) is 0 Å². The number of carbonyl (C=O) groups is 1. The largest absolute Gasteiger partial charge is 0.502 e. The normalized spacial score (nSPS) is 15.7. The molecule has 1 aliphatic carbocycles. The van der Waals surface area contributed by atoms with Crippen LogP contribution in [0.2, 0.25) is 0 Å². The molecule has 1 unspecified atom stereocenters. The molecule has 3 aromatic rings. The van der Waals surface area contributed by atoms with Crippen LogP contribution < -0.4 is 5.56 Å². The van der Waals surface area contributed by atoms with E-state index in [0.717, 1.165) is 16.7 Å². The number of benzene rings is 1. The summed E-state index contributed by atoms with van der Waals surface area (Å²) in [5, 5.41) is 14.0. The van der Waals surface area contributed by atoms with Crippen LogP contribution in [0.3, 0.4) is 0 Å². The Hall–Kier alpha value is -3.48. The molecule has 7 heteroatoms. The molecule has 1 atom stereocenters. The number of rotatable bonds is 4. The van der Waals surface area contributed by atoms with Crippen molar-refractivity contribution in [2.75, 3.05) is 0 Å². The molecular weight excluding hydrogens is 344 g/mol. The molecule has 0 radical (unpaired) electrons. The average Bonchev–Trinajstić information content (AvgIpc) is 3.10. The standard InChI is InChI=1S/C20H18N4O3/c1-24-10-15(9-23-24)13-4-6-16-14(8-13)3-2-12(18(16)25)5-7-17-19(26)20(27)22-11-21-17/h2-4,6,8-12,26H,5,7H2,1H3,(H,21,22,27). The Balaban J connectivity index is 1.54. The smallest absolute Gasteiger partial charge is 0.293 e. The molecule has 0 saturated carbocycles. The van der Waals surface area contributed by atoms with Gasteiger partial charge in [-0.25, -0.2) is 4.98 Å². The SMILES string of the molecule is Cn1cc(-c2ccc3c(c2)C=CC(CCc2nc[nH]c(=O)c2O)C3=O)cn1. The summed E-state index contributed by atoms with van der Waals surface area (Å²) in [4.78, 5) is 30.6. The van der Waals surface area contributed by atoms with Gasteiger partial charge in [0.25, 0.3) is 5.56 Å². The molecule has 0 fully saturated rings. The molecule has 0 spiro atoms. The van der Waals surface area contributed by atoms with Crippen LogP contribution in [0.4, 0.5) is 0 Å². The van der Waals surface area contributed by atoms with Gasteiger partial charge in [0, 0.05) is 30.3 Å². The fourth-order valence-electron chi connectivity index (χ4n) is 3.31. The second-order valence-corrected chi connectivity index (χ2v) is 6.60. The van der Waals surface area contributed by atoms with Gasteiger partial charge in [-0.1, -0.05) is 24.3 Å². The summed E-state index contributed by atoms with van der Waals surface area (Å²) in [6, 6.07) is 5.76. The van der Waals surface area contributed by atoms with Crippen molar-refractivity contribution in [1.82, 2.24) is 19.7 Å². The van der Waals surface area contributed by atoms with Crippen LogP contribution in [0.15, 0.2) is 47.8 Å². The molecule has 0 saturated heterocycles. The maximum atomic E-state index is 12.8. The first-order chi connectivity index (χ1) is 13.0. The number of nitrogens with one attached hydrogen (secondary N) is 1. The van der Waals surface area contributed by atoms with E-state index in [2.05, 4.69) is 15.1 Å². The number of aromatic hydroxyl groups is 1. The van der Waals surface area contributed by atoms with Gasteiger partial charge in [-0.2, -0.15) is 5.10 Å². The first-order valence-corrected chi connectivity index (χ1v) is 8.64. The van der Waals surface area contributed by atoms with E-state index in [1.807, 2.05) is 43.6 Å². The maximum Gasteiger partial charge on any atom is 0.293 e. The van der Waals surface area contributed by atoms with Gasteiger partial charge in [-0.3, -0.25) is 14.3 Å². The maximum absolute atomic E-state index is 12.8. The Morgan fingerprint density at radius 2 is 2.11 bits per heavy atom. The molecule has 1 aromatic carbocycles. The highest BCUT2D eigenvalue weighted by Gasteiger charge is 2.24. The average molecular weight is 362 g/mol. The van der Waals surface area contributed by atoms with Crippen molar-refractivity contribution in [3.8, 4) is 16.9 Å². The van der Waals surface area contributed by atoms with Crippen molar-refractivity contribution >= 4 is 11.9 Å². The lowest BCUT2D eigenvalue weighted by atomic mass is 9.84. The van der Waals surface area contributed by atoms with Crippen LogP contribution in [-0.2, 0) is 13.5 Å². The quantitative estimate of drug-likeness (QED) is 0.742. The lowest BCUT2D eigenvalue weighted by molar-refractivity contribution is 0.0938. The van der Waals surface area contributed by atoms with Gasteiger partial charge >= 0.3 is 0 Å².